The Morgan fingerprint density at radius 1 is 1.71 bits per heavy atom. The summed E-state index contributed by atoms with van der Waals surface area (Å²) in [5.74, 6) is 0.699. The Morgan fingerprint density at radius 2 is 2.14 bits per heavy atom. The summed E-state index contributed by atoms with van der Waals surface area (Å²) < 4.78 is 0. The normalized spacial score (nSPS) is 9.71. The average Bonchev–Trinajstić information content (AvgIpc) is 1.27. The van der Waals surface area contributed by atoms with Crippen molar-refractivity contribution in [1.29, 1.82) is 0 Å². The highest BCUT2D eigenvalue weighted by Crippen LogP contribution is 2.10. The van der Waals surface area contributed by atoms with E-state index in [0.29, 0.717) is 5.92 Å². The van der Waals surface area contributed by atoms with E-state index in [1.807, 2.05) is 0 Å². The first-order valence-electron chi connectivity index (χ1n) is 2.49. The molecule has 0 aliphatic heterocycles. The Bertz CT molecular complexity index is 64.6. The molecule has 0 amide bonds. The van der Waals surface area contributed by atoms with Gasteiger partial charge in [0.25, 0.3) is 0 Å². The van der Waals surface area contributed by atoms with Crippen molar-refractivity contribution in [3.05, 3.63) is 11.5 Å². The largest absolute Gasteiger partial charge is 0.148 e. The number of hydrogen-bond donors (Lipinski definition) is 1. The van der Waals surface area contributed by atoms with Crippen LogP contribution in [0.25, 0.3) is 0 Å². The second-order valence-electron chi connectivity index (χ2n) is 2.16. The van der Waals surface area contributed by atoms with E-state index in [9.17, 15) is 0 Å². The topological polar surface area (TPSA) is 0 Å². The number of allylic oxidation sites excluding steroid dienone is 1. The predicted molar refractivity (Wildman–Crippen MR) is 37.6 cm³/mol. The van der Waals surface area contributed by atoms with Gasteiger partial charge in [0.2, 0.25) is 0 Å². The van der Waals surface area contributed by atoms with Gasteiger partial charge in [-0.25, -0.2) is 0 Å². The van der Waals surface area contributed by atoms with Crippen molar-refractivity contribution in [3.63, 3.8) is 0 Å². The zero-order valence-electron chi connectivity index (χ0n) is 4.94. The molecule has 0 heterocycles. The van der Waals surface area contributed by atoms with Gasteiger partial charge in [0.1, 0.15) is 0 Å². The molecule has 0 aromatic carbocycles. The first-order valence-corrected chi connectivity index (χ1v) is 2.94. The third kappa shape index (κ3) is 6.09. The van der Waals surface area contributed by atoms with Gasteiger partial charge < -0.3 is 0 Å². The Kier molecular flexibility index (Phi) is 3.18. The van der Waals surface area contributed by atoms with Crippen LogP contribution in [0.3, 0.4) is 0 Å². The maximum atomic E-state index is 4.04. The van der Waals surface area contributed by atoms with Gasteiger partial charge in [-0.05, 0) is 17.2 Å². The molecule has 0 radical (unpaired) electrons. The standard InChI is InChI=1S/C6H12S/c1-5(2)4-6(3)7/h5,7H,3-4H2,1-2H3. The summed E-state index contributed by atoms with van der Waals surface area (Å²) in [6.45, 7) is 7.97. The molecule has 0 saturated carbocycles. The lowest BCUT2D eigenvalue weighted by Crippen LogP contribution is -1.83. The monoisotopic (exact) mass is 116 g/mol. The zero-order chi connectivity index (χ0) is 5.86. The van der Waals surface area contributed by atoms with Gasteiger partial charge in [-0.2, -0.15) is 0 Å². The van der Waals surface area contributed by atoms with Crippen molar-refractivity contribution >= 4 is 12.6 Å². The first kappa shape index (κ1) is 7.09. The fourth-order valence-corrected chi connectivity index (χ4v) is 0.836. The molecule has 1 heteroatoms. The predicted octanol–water partition coefficient (Wildman–Crippen LogP) is 2.48. The summed E-state index contributed by atoms with van der Waals surface area (Å²) in [6, 6.07) is 0. The number of thiol groups is 1. The van der Waals surface area contributed by atoms with Crippen LogP contribution in [0.2, 0.25) is 0 Å². The second-order valence-corrected chi connectivity index (χ2v) is 2.80. The van der Waals surface area contributed by atoms with Crippen molar-refractivity contribution in [1.82, 2.24) is 0 Å². The van der Waals surface area contributed by atoms with E-state index in [1.165, 1.54) is 0 Å². The molecule has 0 nitrogen and oxygen atoms in total. The molecule has 0 saturated heterocycles. The van der Waals surface area contributed by atoms with Gasteiger partial charge in [-0.1, -0.05) is 20.4 Å². The summed E-state index contributed by atoms with van der Waals surface area (Å²) in [7, 11) is 0. The minimum Gasteiger partial charge on any atom is -0.148 e. The van der Waals surface area contributed by atoms with Crippen LogP contribution in [0.5, 0.6) is 0 Å². The summed E-state index contributed by atoms with van der Waals surface area (Å²) >= 11 is 4.04. The smallest absolute Gasteiger partial charge is 0.0204 e. The second kappa shape index (κ2) is 3.14. The molecule has 0 bridgehead atoms. The minimum atomic E-state index is 0.699. The summed E-state index contributed by atoms with van der Waals surface area (Å²) in [5.41, 5.74) is 0. The fourth-order valence-electron chi connectivity index (χ4n) is 0.471. The van der Waals surface area contributed by atoms with Crippen molar-refractivity contribution in [2.24, 2.45) is 5.92 Å². The third-order valence-electron chi connectivity index (χ3n) is 0.644. The molecule has 42 valence electrons. The van der Waals surface area contributed by atoms with Crippen LogP contribution in [0, 0.1) is 5.92 Å². The lowest BCUT2D eigenvalue weighted by Gasteiger charge is -1.99. The maximum Gasteiger partial charge on any atom is -0.0204 e. The van der Waals surface area contributed by atoms with Gasteiger partial charge in [-0.3, -0.25) is 0 Å². The van der Waals surface area contributed by atoms with E-state index in [2.05, 4.69) is 33.1 Å². The van der Waals surface area contributed by atoms with Crippen molar-refractivity contribution in [2.45, 2.75) is 20.3 Å². The molecule has 0 rings (SSSR count). The summed E-state index contributed by atoms with van der Waals surface area (Å²) in [6.07, 6.45) is 1.03. The number of hydrogen-bond acceptors (Lipinski definition) is 1. The summed E-state index contributed by atoms with van der Waals surface area (Å²) in [4.78, 5) is 0.981. The first-order chi connectivity index (χ1) is 3.13. The van der Waals surface area contributed by atoms with E-state index < -0.39 is 0 Å². The van der Waals surface area contributed by atoms with Gasteiger partial charge in [0.05, 0.1) is 0 Å². The van der Waals surface area contributed by atoms with Crippen LogP contribution in [0.4, 0.5) is 0 Å². The van der Waals surface area contributed by atoms with Crippen molar-refractivity contribution in [2.75, 3.05) is 0 Å². The minimum absolute atomic E-state index is 0.699. The third-order valence-corrected chi connectivity index (χ3v) is 0.826. The molecule has 0 aromatic rings. The van der Waals surface area contributed by atoms with Crippen LogP contribution in [-0.4, -0.2) is 0 Å². The van der Waals surface area contributed by atoms with E-state index >= 15 is 0 Å². The molecule has 7 heavy (non-hydrogen) atoms. The molecular weight excluding hydrogens is 104 g/mol. The molecule has 0 atom stereocenters. The molecular formula is C6H12S. The van der Waals surface area contributed by atoms with Crippen LogP contribution in [0.1, 0.15) is 20.3 Å². The van der Waals surface area contributed by atoms with Gasteiger partial charge in [0.15, 0.2) is 0 Å². The van der Waals surface area contributed by atoms with Crippen LogP contribution in [0.15, 0.2) is 11.5 Å². The van der Waals surface area contributed by atoms with Crippen LogP contribution < -0.4 is 0 Å². The highest BCUT2D eigenvalue weighted by Gasteiger charge is 1.90. The fraction of sp³-hybridized carbons (Fsp3) is 0.667. The van der Waals surface area contributed by atoms with Gasteiger partial charge in [-0.15, -0.1) is 12.6 Å². The van der Waals surface area contributed by atoms with Crippen molar-refractivity contribution in [3.8, 4) is 0 Å². The van der Waals surface area contributed by atoms with Gasteiger partial charge >= 0.3 is 0 Å². The highest BCUT2D eigenvalue weighted by atomic mass is 32.1. The van der Waals surface area contributed by atoms with Gasteiger partial charge in [0, 0.05) is 0 Å². The van der Waals surface area contributed by atoms with E-state index in [4.69, 9.17) is 0 Å². The molecule has 0 N–H and O–H groups in total. The average molecular weight is 116 g/mol. The SMILES string of the molecule is C=C(S)CC(C)C. The number of rotatable bonds is 2. The Labute approximate surface area is 51.0 Å². The van der Waals surface area contributed by atoms with E-state index in [0.717, 1.165) is 11.3 Å². The lowest BCUT2D eigenvalue weighted by atomic mass is 10.1. The maximum absolute atomic E-state index is 4.04. The molecule has 0 aliphatic carbocycles. The van der Waals surface area contributed by atoms with Crippen molar-refractivity contribution < 1.29 is 0 Å². The quantitative estimate of drug-likeness (QED) is 0.526. The Hall–Kier alpha value is 0.0900. The molecule has 0 spiro atoms. The molecule has 0 unspecified atom stereocenters. The zero-order valence-corrected chi connectivity index (χ0v) is 5.83. The Morgan fingerprint density at radius 3 is 2.14 bits per heavy atom. The van der Waals surface area contributed by atoms with E-state index in [1.54, 1.807) is 0 Å². The Balaban J connectivity index is 3.13. The highest BCUT2D eigenvalue weighted by molar-refractivity contribution is 7.84. The summed E-state index contributed by atoms with van der Waals surface area (Å²) in [5, 5.41) is 0. The van der Waals surface area contributed by atoms with E-state index in [-0.39, 0.29) is 0 Å². The molecule has 0 fully saturated rings. The molecule has 0 aliphatic rings. The molecule has 0 aromatic heterocycles. The van der Waals surface area contributed by atoms with Crippen LogP contribution >= 0.6 is 12.6 Å². The van der Waals surface area contributed by atoms with Crippen LogP contribution in [-0.2, 0) is 0 Å². The lowest BCUT2D eigenvalue weighted by molar-refractivity contribution is 0.660.